The van der Waals surface area contributed by atoms with Crippen molar-refractivity contribution in [1.82, 2.24) is 10.6 Å². The standard InChI is InChI=1S/C17H27N5/c1-19-9-12(10-20-14-7-13(18)8-14)17-11-21-15-5-3-4-6-16(15)22(17)2/h3-6,10,13-14,17,19-21H,7-9,11,18H2,1-2H3/b12-10+. The smallest absolute Gasteiger partial charge is 0.0701 e. The highest BCUT2D eigenvalue weighted by atomic mass is 15.2. The molecule has 3 rings (SSSR count). The maximum atomic E-state index is 5.86. The second-order valence-corrected chi connectivity index (χ2v) is 6.37. The van der Waals surface area contributed by atoms with Crippen molar-refractivity contribution < 1.29 is 0 Å². The van der Waals surface area contributed by atoms with Crippen molar-refractivity contribution in [3.05, 3.63) is 36.0 Å². The van der Waals surface area contributed by atoms with E-state index in [0.29, 0.717) is 18.1 Å². The van der Waals surface area contributed by atoms with Gasteiger partial charge in [-0.1, -0.05) is 12.1 Å². The molecule has 120 valence electrons. The van der Waals surface area contributed by atoms with E-state index in [9.17, 15) is 0 Å². The third kappa shape index (κ3) is 3.05. The lowest BCUT2D eigenvalue weighted by atomic mass is 9.87. The number of fused-ring (bicyclic) bond motifs is 1. The summed E-state index contributed by atoms with van der Waals surface area (Å²) in [5, 5.41) is 10.4. The maximum Gasteiger partial charge on any atom is 0.0701 e. The van der Waals surface area contributed by atoms with E-state index in [1.54, 1.807) is 0 Å². The van der Waals surface area contributed by atoms with Crippen molar-refractivity contribution in [2.24, 2.45) is 5.73 Å². The second kappa shape index (κ2) is 6.58. The van der Waals surface area contributed by atoms with Gasteiger partial charge in [0.05, 0.1) is 17.4 Å². The Balaban J connectivity index is 1.73. The molecule has 1 atom stereocenters. The predicted octanol–water partition coefficient (Wildman–Crippen LogP) is 1.10. The number of anilines is 2. The van der Waals surface area contributed by atoms with E-state index >= 15 is 0 Å². The number of nitrogens with two attached hydrogens (primary N) is 1. The fraction of sp³-hybridized carbons (Fsp3) is 0.529. The molecule has 22 heavy (non-hydrogen) atoms. The van der Waals surface area contributed by atoms with Gasteiger partial charge in [-0.3, -0.25) is 0 Å². The summed E-state index contributed by atoms with van der Waals surface area (Å²) >= 11 is 0. The molecule has 1 aliphatic heterocycles. The molecule has 0 radical (unpaired) electrons. The summed E-state index contributed by atoms with van der Waals surface area (Å²) in [5.41, 5.74) is 9.70. The lowest BCUT2D eigenvalue weighted by molar-refractivity contribution is 0.316. The van der Waals surface area contributed by atoms with Gasteiger partial charge in [0, 0.05) is 32.2 Å². The molecule has 1 aromatic carbocycles. The number of rotatable bonds is 5. The van der Waals surface area contributed by atoms with E-state index in [2.05, 4.69) is 58.4 Å². The van der Waals surface area contributed by atoms with E-state index in [-0.39, 0.29) is 0 Å². The lowest BCUT2D eigenvalue weighted by Gasteiger charge is -2.39. The number of likely N-dealkylation sites (N-methyl/N-ethyl adjacent to an activating group) is 2. The average Bonchev–Trinajstić information content (AvgIpc) is 2.50. The molecule has 1 aromatic rings. The van der Waals surface area contributed by atoms with Gasteiger partial charge in [0.25, 0.3) is 0 Å². The topological polar surface area (TPSA) is 65.3 Å². The maximum absolute atomic E-state index is 5.86. The SMILES string of the molecule is CNC/C(=C\NC1CC(N)C1)C1CNc2ccccc2N1C. The van der Waals surface area contributed by atoms with Crippen LogP contribution in [0.4, 0.5) is 11.4 Å². The summed E-state index contributed by atoms with van der Waals surface area (Å²) < 4.78 is 0. The molecule has 0 saturated heterocycles. The van der Waals surface area contributed by atoms with Gasteiger partial charge in [0.1, 0.15) is 0 Å². The molecule has 1 unspecified atom stereocenters. The summed E-state index contributed by atoms with van der Waals surface area (Å²) in [5.74, 6) is 0. The Morgan fingerprint density at radius 3 is 2.91 bits per heavy atom. The summed E-state index contributed by atoms with van der Waals surface area (Å²) in [4.78, 5) is 2.36. The van der Waals surface area contributed by atoms with E-state index in [0.717, 1.165) is 25.9 Å². The lowest BCUT2D eigenvalue weighted by Crippen LogP contribution is -2.48. The molecule has 5 heteroatoms. The summed E-state index contributed by atoms with van der Waals surface area (Å²) in [6.07, 6.45) is 4.35. The van der Waals surface area contributed by atoms with Crippen molar-refractivity contribution in [2.75, 3.05) is 37.4 Å². The van der Waals surface area contributed by atoms with Gasteiger partial charge in [-0.15, -0.1) is 0 Å². The van der Waals surface area contributed by atoms with Crippen molar-refractivity contribution in [3.8, 4) is 0 Å². The van der Waals surface area contributed by atoms with Crippen LogP contribution in [0.5, 0.6) is 0 Å². The molecular formula is C17H27N5. The molecule has 5 nitrogen and oxygen atoms in total. The van der Waals surface area contributed by atoms with Gasteiger partial charge in [-0.2, -0.15) is 0 Å². The zero-order chi connectivity index (χ0) is 15.5. The molecule has 1 fully saturated rings. The fourth-order valence-electron chi connectivity index (χ4n) is 3.31. The van der Waals surface area contributed by atoms with Crippen LogP contribution in [0.15, 0.2) is 36.0 Å². The Bertz CT molecular complexity index is 536. The molecule has 0 amide bonds. The van der Waals surface area contributed by atoms with Gasteiger partial charge in [-0.25, -0.2) is 0 Å². The Kier molecular flexibility index (Phi) is 4.55. The van der Waals surface area contributed by atoms with Gasteiger partial charge in [-0.05, 0) is 43.8 Å². The minimum atomic E-state index is 0.351. The van der Waals surface area contributed by atoms with Crippen LogP contribution in [0.25, 0.3) is 0 Å². The zero-order valence-electron chi connectivity index (χ0n) is 13.5. The Morgan fingerprint density at radius 2 is 2.18 bits per heavy atom. The highest BCUT2D eigenvalue weighted by Crippen LogP contribution is 2.31. The Hall–Kier alpha value is -1.72. The van der Waals surface area contributed by atoms with Crippen LogP contribution in [0.2, 0.25) is 0 Å². The van der Waals surface area contributed by atoms with Crippen molar-refractivity contribution in [3.63, 3.8) is 0 Å². The molecule has 1 saturated carbocycles. The third-order valence-corrected chi connectivity index (χ3v) is 4.73. The van der Waals surface area contributed by atoms with E-state index in [1.807, 2.05) is 7.05 Å². The van der Waals surface area contributed by atoms with Crippen molar-refractivity contribution in [2.45, 2.75) is 31.0 Å². The zero-order valence-corrected chi connectivity index (χ0v) is 13.5. The van der Waals surface area contributed by atoms with Crippen molar-refractivity contribution >= 4 is 11.4 Å². The predicted molar refractivity (Wildman–Crippen MR) is 93.3 cm³/mol. The Morgan fingerprint density at radius 1 is 1.41 bits per heavy atom. The molecule has 0 aromatic heterocycles. The quantitative estimate of drug-likeness (QED) is 0.656. The van der Waals surface area contributed by atoms with Crippen molar-refractivity contribution in [1.29, 1.82) is 0 Å². The van der Waals surface area contributed by atoms with Crippen LogP contribution in [0.1, 0.15) is 12.8 Å². The van der Waals surface area contributed by atoms with Gasteiger partial charge < -0.3 is 26.6 Å². The van der Waals surface area contributed by atoms with Crippen LogP contribution < -0.4 is 26.6 Å². The van der Waals surface area contributed by atoms with Gasteiger partial charge in [0.15, 0.2) is 0 Å². The fourth-order valence-corrected chi connectivity index (χ4v) is 3.31. The van der Waals surface area contributed by atoms with E-state index in [1.165, 1.54) is 16.9 Å². The second-order valence-electron chi connectivity index (χ2n) is 6.37. The van der Waals surface area contributed by atoms with E-state index < -0.39 is 0 Å². The average molecular weight is 301 g/mol. The first-order valence-corrected chi connectivity index (χ1v) is 8.10. The molecule has 1 aliphatic carbocycles. The molecule has 0 spiro atoms. The summed E-state index contributed by atoms with van der Waals surface area (Å²) in [7, 11) is 4.17. The highest BCUT2D eigenvalue weighted by Gasteiger charge is 2.27. The first-order chi connectivity index (χ1) is 10.7. The normalized spacial score (nSPS) is 27.7. The van der Waals surface area contributed by atoms with Crippen LogP contribution in [0.3, 0.4) is 0 Å². The van der Waals surface area contributed by atoms with Gasteiger partial charge >= 0.3 is 0 Å². The minimum absolute atomic E-state index is 0.351. The molecule has 0 bridgehead atoms. The molecular weight excluding hydrogens is 274 g/mol. The molecule has 1 heterocycles. The molecule has 2 aliphatic rings. The number of para-hydroxylation sites is 2. The number of hydrogen-bond acceptors (Lipinski definition) is 5. The number of nitrogens with zero attached hydrogens (tertiary/aromatic N) is 1. The van der Waals surface area contributed by atoms with Gasteiger partial charge in [0.2, 0.25) is 0 Å². The van der Waals surface area contributed by atoms with Crippen LogP contribution in [-0.2, 0) is 0 Å². The first kappa shape index (κ1) is 15.2. The molecule has 5 N–H and O–H groups in total. The first-order valence-electron chi connectivity index (χ1n) is 8.10. The third-order valence-electron chi connectivity index (χ3n) is 4.73. The number of nitrogens with one attached hydrogen (secondary N) is 3. The van der Waals surface area contributed by atoms with Crippen LogP contribution in [0, 0.1) is 0 Å². The Labute approximate surface area is 132 Å². The van der Waals surface area contributed by atoms with E-state index in [4.69, 9.17) is 5.73 Å². The largest absolute Gasteiger partial charge is 0.388 e. The minimum Gasteiger partial charge on any atom is -0.388 e. The van der Waals surface area contributed by atoms with Crippen LogP contribution in [-0.4, -0.2) is 45.3 Å². The monoisotopic (exact) mass is 301 g/mol. The number of hydrogen-bond donors (Lipinski definition) is 4. The van der Waals surface area contributed by atoms with Crippen LogP contribution >= 0.6 is 0 Å². The number of benzene rings is 1. The summed E-state index contributed by atoms with van der Waals surface area (Å²) in [6.45, 7) is 1.80. The summed E-state index contributed by atoms with van der Waals surface area (Å²) in [6, 6.07) is 9.74. The highest BCUT2D eigenvalue weighted by molar-refractivity contribution is 5.73.